The largest absolute Gasteiger partial charge is 0.466 e. The van der Waals surface area contributed by atoms with Gasteiger partial charge in [-0.15, -0.1) is 0 Å². The van der Waals surface area contributed by atoms with E-state index in [1.165, 1.54) is 17.0 Å². The fraction of sp³-hybridized carbons (Fsp3) is 0.474. The van der Waals surface area contributed by atoms with Gasteiger partial charge in [0.15, 0.2) is 9.84 Å². The van der Waals surface area contributed by atoms with Crippen LogP contribution in [0.4, 0.5) is 0 Å². The van der Waals surface area contributed by atoms with E-state index in [-0.39, 0.29) is 16.7 Å². The predicted molar refractivity (Wildman–Crippen MR) is 104 cm³/mol. The summed E-state index contributed by atoms with van der Waals surface area (Å²) in [5.74, 6) is 1.85. The molecule has 3 aromatic rings. The van der Waals surface area contributed by atoms with Gasteiger partial charge in [0.05, 0.1) is 11.9 Å². The summed E-state index contributed by atoms with van der Waals surface area (Å²) in [6.45, 7) is 2.98. The van der Waals surface area contributed by atoms with Gasteiger partial charge >= 0.3 is 0 Å². The minimum Gasteiger partial charge on any atom is -0.466 e. The quantitative estimate of drug-likeness (QED) is 0.622. The number of nitrogens with zero attached hydrogens (tertiary/aromatic N) is 5. The lowest BCUT2D eigenvalue weighted by Gasteiger charge is -2.33. The minimum atomic E-state index is -3.50. The first-order chi connectivity index (χ1) is 13.8. The highest BCUT2D eigenvalue weighted by Crippen LogP contribution is 2.31. The molecule has 1 unspecified atom stereocenters. The molecular weight excluding hydrogens is 394 g/mol. The fourth-order valence-corrected chi connectivity index (χ4v) is 4.75. The van der Waals surface area contributed by atoms with Crippen LogP contribution in [0.3, 0.4) is 0 Å². The average Bonchev–Trinajstić information content (AvgIpc) is 3.33. The number of rotatable bonds is 5. The second-order valence-corrected chi connectivity index (χ2v) is 9.43. The maximum absolute atomic E-state index is 12.8. The minimum absolute atomic E-state index is 0.0357. The Kier molecular flexibility index (Phi) is 5.12. The van der Waals surface area contributed by atoms with Crippen molar-refractivity contribution in [2.45, 2.75) is 43.4 Å². The number of amides is 1. The molecule has 0 radical (unpaired) electrons. The van der Waals surface area contributed by atoms with Gasteiger partial charge in [0.25, 0.3) is 5.78 Å². The fourth-order valence-electron chi connectivity index (χ4n) is 3.87. The zero-order valence-corrected chi connectivity index (χ0v) is 17.2. The van der Waals surface area contributed by atoms with Crippen LogP contribution in [0, 0.1) is 6.92 Å². The van der Waals surface area contributed by atoms with Crippen molar-refractivity contribution in [3.05, 3.63) is 41.9 Å². The van der Waals surface area contributed by atoms with Crippen LogP contribution >= 0.6 is 0 Å². The summed E-state index contributed by atoms with van der Waals surface area (Å²) in [6.07, 6.45) is 6.32. The van der Waals surface area contributed by atoms with E-state index >= 15 is 0 Å². The Morgan fingerprint density at radius 1 is 1.31 bits per heavy atom. The zero-order valence-electron chi connectivity index (χ0n) is 16.4. The Morgan fingerprint density at radius 2 is 2.14 bits per heavy atom. The highest BCUT2D eigenvalue weighted by molar-refractivity contribution is 7.90. The van der Waals surface area contributed by atoms with Crippen molar-refractivity contribution < 1.29 is 17.6 Å². The number of furan rings is 1. The lowest BCUT2D eigenvalue weighted by molar-refractivity contribution is -0.132. The van der Waals surface area contributed by atoms with Crippen molar-refractivity contribution in [3.8, 4) is 0 Å². The molecule has 0 bridgehead atoms. The van der Waals surface area contributed by atoms with Crippen LogP contribution in [0.2, 0.25) is 0 Å². The second-order valence-electron chi connectivity index (χ2n) is 7.44. The molecule has 9 nitrogen and oxygen atoms in total. The van der Waals surface area contributed by atoms with E-state index < -0.39 is 9.84 Å². The van der Waals surface area contributed by atoms with Gasteiger partial charge in [0.1, 0.15) is 22.7 Å². The van der Waals surface area contributed by atoms with E-state index in [0.29, 0.717) is 37.4 Å². The Bertz CT molecular complexity index is 1150. The van der Waals surface area contributed by atoms with Gasteiger partial charge in [-0.2, -0.15) is 14.6 Å². The topological polar surface area (TPSA) is 111 Å². The molecule has 4 rings (SSSR count). The summed E-state index contributed by atoms with van der Waals surface area (Å²) in [5.41, 5.74) is 0.550. The van der Waals surface area contributed by atoms with Crippen LogP contribution in [0.25, 0.3) is 5.78 Å². The molecule has 3 aromatic heterocycles. The molecule has 1 fully saturated rings. The van der Waals surface area contributed by atoms with E-state index in [4.69, 9.17) is 4.42 Å². The van der Waals surface area contributed by atoms with Crippen molar-refractivity contribution in [1.82, 2.24) is 24.5 Å². The number of fused-ring (bicyclic) bond motifs is 1. The lowest BCUT2D eigenvalue weighted by Crippen LogP contribution is -2.40. The number of aryl methyl sites for hydroxylation is 2. The van der Waals surface area contributed by atoms with Crippen LogP contribution in [0.1, 0.15) is 42.4 Å². The van der Waals surface area contributed by atoms with Crippen molar-refractivity contribution in [3.63, 3.8) is 0 Å². The summed E-state index contributed by atoms with van der Waals surface area (Å²) >= 11 is 0. The summed E-state index contributed by atoms with van der Waals surface area (Å²) in [6, 6.07) is 3.77. The summed E-state index contributed by atoms with van der Waals surface area (Å²) in [7, 11) is -3.50. The highest BCUT2D eigenvalue weighted by atomic mass is 32.2. The van der Waals surface area contributed by atoms with Crippen LogP contribution < -0.4 is 0 Å². The third-order valence-corrected chi connectivity index (χ3v) is 6.36. The Labute approximate surface area is 168 Å². The van der Waals surface area contributed by atoms with Crippen molar-refractivity contribution in [1.29, 1.82) is 0 Å². The number of carbonyl (C=O) groups excluding carboxylic acids is 1. The van der Waals surface area contributed by atoms with Crippen LogP contribution in [-0.4, -0.2) is 58.2 Å². The van der Waals surface area contributed by atoms with Gasteiger partial charge in [-0.3, -0.25) is 4.79 Å². The van der Waals surface area contributed by atoms with E-state index in [1.807, 2.05) is 19.1 Å². The average molecular weight is 417 g/mol. The molecule has 4 heterocycles. The number of aromatic nitrogens is 4. The van der Waals surface area contributed by atoms with E-state index in [2.05, 4.69) is 15.1 Å². The molecule has 1 saturated heterocycles. The van der Waals surface area contributed by atoms with Crippen molar-refractivity contribution >= 4 is 21.5 Å². The van der Waals surface area contributed by atoms with Crippen molar-refractivity contribution in [2.24, 2.45) is 0 Å². The summed E-state index contributed by atoms with van der Waals surface area (Å²) < 4.78 is 31.7. The molecule has 0 N–H and O–H groups in total. The molecule has 0 aliphatic carbocycles. The molecule has 154 valence electrons. The number of hydrogen-bond acceptors (Lipinski definition) is 7. The molecular formula is C19H23N5O4S. The first-order valence-corrected chi connectivity index (χ1v) is 11.4. The van der Waals surface area contributed by atoms with E-state index in [9.17, 15) is 13.2 Å². The first-order valence-electron chi connectivity index (χ1n) is 9.54. The van der Waals surface area contributed by atoms with E-state index in [1.54, 1.807) is 4.90 Å². The normalized spacial score (nSPS) is 17.7. The summed E-state index contributed by atoms with van der Waals surface area (Å²) in [4.78, 5) is 22.9. The van der Waals surface area contributed by atoms with Crippen LogP contribution in [-0.2, 0) is 21.1 Å². The maximum atomic E-state index is 12.8. The first kappa shape index (κ1) is 19.6. The third-order valence-electron chi connectivity index (χ3n) is 5.25. The maximum Gasteiger partial charge on any atom is 0.252 e. The highest BCUT2D eigenvalue weighted by Gasteiger charge is 2.31. The molecule has 29 heavy (non-hydrogen) atoms. The van der Waals surface area contributed by atoms with Crippen LogP contribution in [0.5, 0.6) is 0 Å². The standard InChI is InChI=1S/C19H23N5O4S/c1-13-5-6-15(28-13)7-8-17(25)23-9-3-4-14(11-23)18-16(29(2,26)27)10-20-19-21-12-22-24(18)19/h5-6,10,12,14H,3-4,7-9,11H2,1-2H3. The number of carbonyl (C=O) groups is 1. The lowest BCUT2D eigenvalue weighted by atomic mass is 9.94. The number of likely N-dealkylation sites (tertiary alicyclic amines) is 1. The van der Waals surface area contributed by atoms with Gasteiger partial charge in [-0.25, -0.2) is 13.4 Å². The molecule has 1 aliphatic rings. The van der Waals surface area contributed by atoms with E-state index in [0.717, 1.165) is 30.6 Å². The van der Waals surface area contributed by atoms with Crippen LogP contribution in [0.15, 0.2) is 34.0 Å². The molecule has 1 atom stereocenters. The molecule has 10 heteroatoms. The molecule has 0 spiro atoms. The zero-order chi connectivity index (χ0) is 20.6. The number of hydrogen-bond donors (Lipinski definition) is 0. The molecule has 0 saturated carbocycles. The van der Waals surface area contributed by atoms with Crippen molar-refractivity contribution in [2.75, 3.05) is 19.3 Å². The predicted octanol–water partition coefficient (Wildman–Crippen LogP) is 1.77. The SMILES string of the molecule is Cc1ccc(CCC(=O)N2CCCC(c3c(S(C)(=O)=O)cnc4ncnn34)C2)o1. The monoisotopic (exact) mass is 417 g/mol. The Hall–Kier alpha value is -2.75. The molecule has 1 amide bonds. The Balaban J connectivity index is 1.57. The van der Waals surface area contributed by atoms with Gasteiger partial charge < -0.3 is 9.32 Å². The smallest absolute Gasteiger partial charge is 0.252 e. The summed E-state index contributed by atoms with van der Waals surface area (Å²) in [5, 5.41) is 4.18. The van der Waals surface area contributed by atoms with Gasteiger partial charge in [0, 0.05) is 38.1 Å². The Morgan fingerprint density at radius 3 is 2.86 bits per heavy atom. The molecule has 0 aromatic carbocycles. The number of sulfone groups is 1. The second kappa shape index (κ2) is 7.58. The van der Waals surface area contributed by atoms with Gasteiger partial charge in [0.2, 0.25) is 5.91 Å². The van der Waals surface area contributed by atoms with Gasteiger partial charge in [-0.1, -0.05) is 0 Å². The molecule has 1 aliphatic heterocycles. The number of piperidine rings is 1. The van der Waals surface area contributed by atoms with Gasteiger partial charge in [-0.05, 0) is 31.9 Å². The third kappa shape index (κ3) is 4.02.